The summed E-state index contributed by atoms with van der Waals surface area (Å²) in [6, 6.07) is 6.39. The molecule has 1 aromatic heterocycles. The maximum Gasteiger partial charge on any atom is 0.418 e. The van der Waals surface area contributed by atoms with Gasteiger partial charge in [0, 0.05) is 11.6 Å². The van der Waals surface area contributed by atoms with Crippen LogP contribution < -0.4 is 10.6 Å². The number of carbonyl (C=O) groups excluding carboxylic acids is 1. The van der Waals surface area contributed by atoms with Gasteiger partial charge >= 0.3 is 6.18 Å². The molecule has 2 aromatic rings. The first-order valence-corrected chi connectivity index (χ1v) is 7.57. The van der Waals surface area contributed by atoms with Gasteiger partial charge in [0.25, 0.3) is 5.91 Å². The van der Waals surface area contributed by atoms with Gasteiger partial charge in [-0.2, -0.15) is 13.2 Å². The van der Waals surface area contributed by atoms with Crippen LogP contribution in [0.4, 0.5) is 24.7 Å². The first-order chi connectivity index (χ1) is 11.5. The van der Waals surface area contributed by atoms with Crippen LogP contribution in [-0.4, -0.2) is 21.4 Å². The van der Waals surface area contributed by atoms with Crippen LogP contribution in [0, 0.1) is 6.92 Å². The molecule has 0 saturated carbocycles. The van der Waals surface area contributed by atoms with E-state index >= 15 is 0 Å². The lowest BCUT2D eigenvalue weighted by atomic mass is 10.1. The van der Waals surface area contributed by atoms with Crippen LogP contribution in [0.3, 0.4) is 0 Å². The van der Waals surface area contributed by atoms with Crippen LogP contribution in [0.1, 0.15) is 42.6 Å². The Balaban J connectivity index is 2.35. The molecule has 0 radical (unpaired) electrons. The molecule has 0 unspecified atom stereocenters. The van der Waals surface area contributed by atoms with Crippen LogP contribution in [-0.2, 0) is 6.18 Å². The number of nitrogens with zero attached hydrogens (tertiary/aromatic N) is 2. The number of aromatic nitrogens is 2. The monoisotopic (exact) mass is 352 g/mol. The molecule has 25 heavy (non-hydrogen) atoms. The Bertz CT molecular complexity index is 782. The van der Waals surface area contributed by atoms with E-state index in [9.17, 15) is 18.0 Å². The molecule has 2 rings (SSSR count). The number of benzene rings is 1. The minimum absolute atomic E-state index is 0.0782. The second-order valence-corrected chi connectivity index (χ2v) is 6.56. The summed E-state index contributed by atoms with van der Waals surface area (Å²) in [7, 11) is 0. The molecular weight excluding hydrogens is 333 g/mol. The lowest BCUT2D eigenvalue weighted by Gasteiger charge is -2.20. The Kier molecular flexibility index (Phi) is 5.01. The number of rotatable bonds is 3. The zero-order valence-corrected chi connectivity index (χ0v) is 14.3. The number of para-hydroxylation sites is 1. The number of amides is 1. The molecule has 0 atom stereocenters. The highest BCUT2D eigenvalue weighted by Crippen LogP contribution is 2.35. The van der Waals surface area contributed by atoms with Crippen molar-refractivity contribution in [2.45, 2.75) is 39.4 Å². The third-order valence-corrected chi connectivity index (χ3v) is 3.05. The van der Waals surface area contributed by atoms with Crippen LogP contribution >= 0.6 is 0 Å². The van der Waals surface area contributed by atoms with Gasteiger partial charge in [-0.05, 0) is 39.8 Å². The van der Waals surface area contributed by atoms with Crippen molar-refractivity contribution in [1.29, 1.82) is 0 Å². The number of anilines is 2. The fourth-order valence-corrected chi connectivity index (χ4v) is 2.13. The predicted molar refractivity (Wildman–Crippen MR) is 88.7 cm³/mol. The summed E-state index contributed by atoms with van der Waals surface area (Å²) < 4.78 is 39.3. The quantitative estimate of drug-likeness (QED) is 0.874. The van der Waals surface area contributed by atoms with Gasteiger partial charge in [-0.3, -0.25) is 4.79 Å². The molecule has 0 aliphatic heterocycles. The Morgan fingerprint density at radius 2 is 1.72 bits per heavy atom. The van der Waals surface area contributed by atoms with Crippen molar-refractivity contribution in [1.82, 2.24) is 15.3 Å². The molecule has 2 N–H and O–H groups in total. The minimum atomic E-state index is -4.50. The third-order valence-electron chi connectivity index (χ3n) is 3.05. The second-order valence-electron chi connectivity index (χ2n) is 6.56. The lowest BCUT2D eigenvalue weighted by molar-refractivity contribution is -0.136. The highest BCUT2D eigenvalue weighted by atomic mass is 19.4. The average molecular weight is 352 g/mol. The molecule has 0 spiro atoms. The van der Waals surface area contributed by atoms with Crippen molar-refractivity contribution >= 4 is 17.4 Å². The second kappa shape index (κ2) is 6.70. The molecule has 8 heteroatoms. The van der Waals surface area contributed by atoms with E-state index in [1.807, 2.05) is 20.8 Å². The number of nitrogens with one attached hydrogen (secondary N) is 2. The molecule has 0 aliphatic carbocycles. The highest BCUT2D eigenvalue weighted by molar-refractivity contribution is 5.93. The van der Waals surface area contributed by atoms with E-state index < -0.39 is 23.2 Å². The summed E-state index contributed by atoms with van der Waals surface area (Å²) in [5, 5.41) is 5.38. The van der Waals surface area contributed by atoms with E-state index in [0.717, 1.165) is 6.07 Å². The Labute approximate surface area is 143 Å². The van der Waals surface area contributed by atoms with Crippen LogP contribution in [0.25, 0.3) is 0 Å². The maximum absolute atomic E-state index is 13.1. The molecule has 1 amide bonds. The third kappa shape index (κ3) is 5.17. The Morgan fingerprint density at radius 3 is 2.32 bits per heavy atom. The Morgan fingerprint density at radius 1 is 1.08 bits per heavy atom. The van der Waals surface area contributed by atoms with Gasteiger partial charge in [0.15, 0.2) is 0 Å². The van der Waals surface area contributed by atoms with Gasteiger partial charge in [0.2, 0.25) is 0 Å². The Hall–Kier alpha value is -2.64. The van der Waals surface area contributed by atoms with Gasteiger partial charge in [0.05, 0.1) is 11.3 Å². The van der Waals surface area contributed by atoms with Gasteiger partial charge in [-0.1, -0.05) is 12.1 Å². The topological polar surface area (TPSA) is 66.9 Å². The fraction of sp³-hybridized carbons (Fsp3) is 0.353. The summed E-state index contributed by atoms with van der Waals surface area (Å²) in [6.07, 6.45) is -4.50. The molecule has 0 saturated heterocycles. The number of aryl methyl sites for hydroxylation is 1. The summed E-state index contributed by atoms with van der Waals surface area (Å²) in [6.45, 7) is 7.02. The van der Waals surface area contributed by atoms with Gasteiger partial charge in [-0.25, -0.2) is 9.97 Å². The van der Waals surface area contributed by atoms with Crippen LogP contribution in [0.5, 0.6) is 0 Å². The van der Waals surface area contributed by atoms with Gasteiger partial charge in [0.1, 0.15) is 17.3 Å². The number of hydrogen-bond donors (Lipinski definition) is 2. The normalized spacial score (nSPS) is 12.0. The van der Waals surface area contributed by atoms with E-state index in [0.29, 0.717) is 0 Å². The van der Waals surface area contributed by atoms with Crippen molar-refractivity contribution < 1.29 is 18.0 Å². The van der Waals surface area contributed by atoms with Crippen LogP contribution in [0.2, 0.25) is 0 Å². The lowest BCUT2D eigenvalue weighted by Crippen LogP contribution is -2.41. The number of hydrogen-bond acceptors (Lipinski definition) is 4. The molecule has 0 bridgehead atoms. The van der Waals surface area contributed by atoms with Gasteiger partial charge in [-0.15, -0.1) is 0 Å². The first-order valence-electron chi connectivity index (χ1n) is 7.57. The van der Waals surface area contributed by atoms with Crippen molar-refractivity contribution in [3.8, 4) is 0 Å². The van der Waals surface area contributed by atoms with Crippen molar-refractivity contribution in [2.24, 2.45) is 0 Å². The van der Waals surface area contributed by atoms with E-state index in [4.69, 9.17) is 0 Å². The molecule has 5 nitrogen and oxygen atoms in total. The maximum atomic E-state index is 13.1. The van der Waals surface area contributed by atoms with Crippen molar-refractivity contribution in [2.75, 3.05) is 5.32 Å². The fourth-order valence-electron chi connectivity index (χ4n) is 2.13. The van der Waals surface area contributed by atoms with Crippen LogP contribution in [0.15, 0.2) is 30.3 Å². The molecule has 134 valence electrons. The molecule has 0 fully saturated rings. The predicted octanol–water partition coefficient (Wildman–Crippen LogP) is 4.08. The molecule has 1 aromatic carbocycles. The van der Waals surface area contributed by atoms with E-state index in [-0.39, 0.29) is 23.0 Å². The minimum Gasteiger partial charge on any atom is -0.346 e. The smallest absolute Gasteiger partial charge is 0.346 e. The summed E-state index contributed by atoms with van der Waals surface area (Å²) in [5.74, 6) is -0.0398. The van der Waals surface area contributed by atoms with Crippen molar-refractivity contribution in [3.05, 3.63) is 47.4 Å². The zero-order chi connectivity index (χ0) is 18.8. The standard InChI is InChI=1S/C17H19F3N4O/c1-10-21-13(15(25)24-16(2,3)4)9-14(22-10)23-12-8-6-5-7-11(12)17(18,19)20/h5-9H,1-4H3,(H,24,25)(H,21,22,23). The summed E-state index contributed by atoms with van der Waals surface area (Å²) >= 11 is 0. The number of alkyl halides is 3. The van der Waals surface area contributed by atoms with E-state index in [1.54, 1.807) is 6.92 Å². The van der Waals surface area contributed by atoms with E-state index in [1.165, 1.54) is 24.3 Å². The molecule has 0 aliphatic rings. The summed E-state index contributed by atoms with van der Waals surface area (Å²) in [4.78, 5) is 20.3. The summed E-state index contributed by atoms with van der Waals surface area (Å²) in [5.41, 5.74) is -1.34. The van der Waals surface area contributed by atoms with E-state index in [2.05, 4.69) is 20.6 Å². The number of carbonyl (C=O) groups is 1. The van der Waals surface area contributed by atoms with Crippen molar-refractivity contribution in [3.63, 3.8) is 0 Å². The largest absolute Gasteiger partial charge is 0.418 e. The first kappa shape index (κ1) is 18.7. The molecule has 1 heterocycles. The molecular formula is C17H19F3N4O. The van der Waals surface area contributed by atoms with Gasteiger partial charge < -0.3 is 10.6 Å². The zero-order valence-electron chi connectivity index (χ0n) is 14.3. The highest BCUT2D eigenvalue weighted by Gasteiger charge is 2.33. The SMILES string of the molecule is Cc1nc(Nc2ccccc2C(F)(F)F)cc(C(=O)NC(C)(C)C)n1. The number of halogens is 3. The average Bonchev–Trinajstić information content (AvgIpc) is 2.44.